The average Bonchev–Trinajstić information content (AvgIpc) is 2.91. The largest absolute Gasteiger partial charge is 0.369 e. The zero-order valence-electron chi connectivity index (χ0n) is 12.2. The van der Waals surface area contributed by atoms with Crippen LogP contribution in [0.2, 0.25) is 0 Å². The molecule has 2 aromatic rings. The van der Waals surface area contributed by atoms with Crippen LogP contribution in [0.1, 0.15) is 11.1 Å². The number of anilines is 1. The van der Waals surface area contributed by atoms with E-state index in [0.717, 1.165) is 25.2 Å². The molecule has 22 heavy (non-hydrogen) atoms. The number of guanidine groups is 1. The summed E-state index contributed by atoms with van der Waals surface area (Å²) in [5.74, 6) is 0.113. The van der Waals surface area contributed by atoms with Crippen LogP contribution in [0.5, 0.6) is 0 Å². The quantitative estimate of drug-likeness (QED) is 0.393. The third-order valence-electron chi connectivity index (χ3n) is 3.70. The molecular weight excluding hydrogens is 274 g/mol. The Morgan fingerprint density at radius 3 is 2.86 bits per heavy atom. The minimum atomic E-state index is 0.113. The van der Waals surface area contributed by atoms with E-state index in [2.05, 4.69) is 45.5 Å². The number of nitriles is 1. The molecule has 0 saturated heterocycles. The molecular formula is C17H17N5. The standard InChI is InChI=1S/C17H17N5/c18-12-20-17(19)21-15-6-7-16-14(10-15)8-9-22(16)11-13-4-2-1-3-5-13/h1-7,10H,8-9,11H2,(H3,19,20,21). The summed E-state index contributed by atoms with van der Waals surface area (Å²) in [4.78, 5) is 6.55. The first kappa shape index (κ1) is 14.0. The lowest BCUT2D eigenvalue weighted by molar-refractivity contribution is 0.836. The number of hydrogen-bond donors (Lipinski definition) is 2. The van der Waals surface area contributed by atoms with Crippen LogP contribution in [0.25, 0.3) is 0 Å². The van der Waals surface area contributed by atoms with Gasteiger partial charge in [0.15, 0.2) is 6.19 Å². The number of aliphatic imine (C=N–C) groups is 1. The fraction of sp³-hybridized carbons (Fsp3) is 0.176. The molecule has 0 bridgehead atoms. The molecule has 0 amide bonds. The van der Waals surface area contributed by atoms with E-state index in [1.165, 1.54) is 16.8 Å². The van der Waals surface area contributed by atoms with Crippen LogP contribution in [0, 0.1) is 11.5 Å². The molecule has 5 nitrogen and oxygen atoms in total. The molecule has 0 aliphatic carbocycles. The molecule has 0 aromatic heterocycles. The number of fused-ring (bicyclic) bond motifs is 1. The fourth-order valence-corrected chi connectivity index (χ4v) is 2.72. The molecule has 2 aromatic carbocycles. The molecule has 1 heterocycles. The van der Waals surface area contributed by atoms with Gasteiger partial charge in [-0.1, -0.05) is 30.3 Å². The van der Waals surface area contributed by atoms with Gasteiger partial charge in [-0.15, -0.1) is 0 Å². The van der Waals surface area contributed by atoms with Crippen LogP contribution in [-0.2, 0) is 13.0 Å². The second-order valence-corrected chi connectivity index (χ2v) is 5.20. The first-order valence-electron chi connectivity index (χ1n) is 7.17. The van der Waals surface area contributed by atoms with Crippen molar-refractivity contribution >= 4 is 17.3 Å². The summed E-state index contributed by atoms with van der Waals surface area (Å²) < 4.78 is 0. The van der Waals surface area contributed by atoms with Gasteiger partial charge in [0, 0.05) is 18.8 Å². The average molecular weight is 291 g/mol. The Kier molecular flexibility index (Phi) is 3.92. The highest BCUT2D eigenvalue weighted by molar-refractivity contribution is 5.82. The normalized spacial score (nSPS) is 13.6. The van der Waals surface area contributed by atoms with E-state index in [0.29, 0.717) is 0 Å². The van der Waals surface area contributed by atoms with Gasteiger partial charge in [-0.3, -0.25) is 5.32 Å². The van der Waals surface area contributed by atoms with Crippen molar-refractivity contribution in [3.8, 4) is 6.19 Å². The monoisotopic (exact) mass is 291 g/mol. The second-order valence-electron chi connectivity index (χ2n) is 5.20. The molecule has 0 unspecified atom stereocenters. The Morgan fingerprint density at radius 1 is 1.27 bits per heavy atom. The van der Waals surface area contributed by atoms with Gasteiger partial charge in [0.05, 0.1) is 5.69 Å². The lowest BCUT2D eigenvalue weighted by Crippen LogP contribution is -2.26. The Morgan fingerprint density at radius 2 is 2.09 bits per heavy atom. The molecule has 3 N–H and O–H groups in total. The van der Waals surface area contributed by atoms with Gasteiger partial charge in [0.25, 0.3) is 0 Å². The Hall–Kier alpha value is -3.00. The van der Waals surface area contributed by atoms with Crippen LogP contribution in [0.4, 0.5) is 11.4 Å². The summed E-state index contributed by atoms with van der Waals surface area (Å²) >= 11 is 0. The van der Waals surface area contributed by atoms with Crippen LogP contribution in [0.3, 0.4) is 0 Å². The zero-order valence-corrected chi connectivity index (χ0v) is 12.2. The molecule has 1 aliphatic rings. The van der Waals surface area contributed by atoms with E-state index < -0.39 is 0 Å². The number of benzene rings is 2. The fourth-order valence-electron chi connectivity index (χ4n) is 2.72. The maximum Gasteiger partial charge on any atom is 0.207 e. The van der Waals surface area contributed by atoms with E-state index in [1.54, 1.807) is 6.19 Å². The first-order chi connectivity index (χ1) is 10.8. The second kappa shape index (κ2) is 6.19. The minimum Gasteiger partial charge on any atom is -0.369 e. The van der Waals surface area contributed by atoms with Gasteiger partial charge in [0.2, 0.25) is 5.96 Å². The van der Waals surface area contributed by atoms with Gasteiger partial charge in [0.1, 0.15) is 0 Å². The highest BCUT2D eigenvalue weighted by atomic mass is 15.1. The molecule has 0 spiro atoms. The Labute approximate surface area is 129 Å². The van der Waals surface area contributed by atoms with Crippen molar-refractivity contribution in [2.24, 2.45) is 10.7 Å². The summed E-state index contributed by atoms with van der Waals surface area (Å²) in [5.41, 5.74) is 10.2. The van der Waals surface area contributed by atoms with Crippen molar-refractivity contribution in [2.45, 2.75) is 13.0 Å². The maximum absolute atomic E-state index is 8.52. The smallest absolute Gasteiger partial charge is 0.207 e. The lowest BCUT2D eigenvalue weighted by Gasteiger charge is -2.19. The van der Waals surface area contributed by atoms with E-state index >= 15 is 0 Å². The minimum absolute atomic E-state index is 0.113. The van der Waals surface area contributed by atoms with Gasteiger partial charge in [-0.05, 0) is 35.7 Å². The van der Waals surface area contributed by atoms with Crippen molar-refractivity contribution in [3.05, 3.63) is 59.7 Å². The van der Waals surface area contributed by atoms with Gasteiger partial charge >= 0.3 is 0 Å². The van der Waals surface area contributed by atoms with E-state index in [4.69, 9.17) is 11.0 Å². The summed E-state index contributed by atoms with van der Waals surface area (Å²) in [6.07, 6.45) is 2.76. The lowest BCUT2D eigenvalue weighted by atomic mass is 10.1. The SMILES string of the molecule is N#CNC(N)=Nc1ccc2c(c1)CCN2Cc1ccccc1. The Balaban J connectivity index is 1.78. The molecule has 0 fully saturated rings. The molecule has 0 saturated carbocycles. The predicted octanol–water partition coefficient (Wildman–Crippen LogP) is 2.27. The van der Waals surface area contributed by atoms with E-state index in [-0.39, 0.29) is 5.96 Å². The summed E-state index contributed by atoms with van der Waals surface area (Å²) in [6, 6.07) is 16.5. The van der Waals surface area contributed by atoms with Crippen LogP contribution in [0.15, 0.2) is 53.5 Å². The summed E-state index contributed by atoms with van der Waals surface area (Å²) in [6.45, 7) is 1.91. The van der Waals surface area contributed by atoms with E-state index in [9.17, 15) is 0 Å². The van der Waals surface area contributed by atoms with Crippen LogP contribution >= 0.6 is 0 Å². The van der Waals surface area contributed by atoms with Gasteiger partial charge in [-0.2, -0.15) is 5.26 Å². The molecule has 5 heteroatoms. The third kappa shape index (κ3) is 3.01. The van der Waals surface area contributed by atoms with Crippen LogP contribution in [-0.4, -0.2) is 12.5 Å². The molecule has 110 valence electrons. The van der Waals surface area contributed by atoms with Crippen molar-refractivity contribution in [1.29, 1.82) is 5.26 Å². The van der Waals surface area contributed by atoms with Crippen molar-refractivity contribution < 1.29 is 0 Å². The number of nitrogens with two attached hydrogens (primary N) is 1. The zero-order chi connectivity index (χ0) is 15.4. The molecule has 0 atom stereocenters. The number of nitrogens with one attached hydrogen (secondary N) is 1. The maximum atomic E-state index is 8.52. The summed E-state index contributed by atoms with van der Waals surface area (Å²) in [5, 5.41) is 10.8. The number of hydrogen-bond acceptors (Lipinski definition) is 3. The number of nitrogens with zero attached hydrogens (tertiary/aromatic N) is 3. The van der Waals surface area contributed by atoms with Gasteiger partial charge < -0.3 is 10.6 Å². The highest BCUT2D eigenvalue weighted by Gasteiger charge is 2.19. The van der Waals surface area contributed by atoms with E-state index in [1.807, 2.05) is 18.2 Å². The first-order valence-corrected chi connectivity index (χ1v) is 7.17. The summed E-state index contributed by atoms with van der Waals surface area (Å²) in [7, 11) is 0. The van der Waals surface area contributed by atoms with Gasteiger partial charge in [-0.25, -0.2) is 4.99 Å². The topological polar surface area (TPSA) is 77.4 Å². The molecule has 3 rings (SSSR count). The van der Waals surface area contributed by atoms with Crippen molar-refractivity contribution in [3.63, 3.8) is 0 Å². The molecule has 0 radical (unpaired) electrons. The van der Waals surface area contributed by atoms with Crippen LogP contribution < -0.4 is 16.0 Å². The molecule has 1 aliphatic heterocycles. The van der Waals surface area contributed by atoms with Crippen molar-refractivity contribution in [1.82, 2.24) is 5.32 Å². The Bertz CT molecular complexity index is 730. The predicted molar refractivity (Wildman–Crippen MR) is 87.7 cm³/mol. The highest BCUT2D eigenvalue weighted by Crippen LogP contribution is 2.32. The number of rotatable bonds is 3. The third-order valence-corrected chi connectivity index (χ3v) is 3.70. The van der Waals surface area contributed by atoms with Crippen molar-refractivity contribution in [2.75, 3.05) is 11.4 Å².